The van der Waals surface area contributed by atoms with Crippen LogP contribution >= 0.6 is 0 Å². The average molecular weight is 326 g/mol. The number of rotatable bonds is 8. The summed E-state index contributed by atoms with van der Waals surface area (Å²) in [6.45, 7) is 5.75. The van der Waals surface area contributed by atoms with Gasteiger partial charge in [-0.15, -0.1) is 0 Å². The molecule has 128 valence electrons. The Labute approximate surface area is 144 Å². The largest absolute Gasteiger partial charge is 0.496 e. The lowest BCUT2D eigenvalue weighted by Crippen LogP contribution is -2.18. The molecule has 2 N–H and O–H groups in total. The summed E-state index contributed by atoms with van der Waals surface area (Å²) >= 11 is 0. The Morgan fingerprint density at radius 2 is 1.83 bits per heavy atom. The van der Waals surface area contributed by atoms with Gasteiger partial charge in [0.25, 0.3) is 0 Å². The van der Waals surface area contributed by atoms with E-state index >= 15 is 0 Å². The van der Waals surface area contributed by atoms with Crippen molar-refractivity contribution in [3.8, 4) is 5.75 Å². The number of carbonyl (C=O) groups excluding carboxylic acids is 1. The Kier molecular flexibility index (Phi) is 6.82. The van der Waals surface area contributed by atoms with Crippen LogP contribution in [0.2, 0.25) is 0 Å². The average Bonchev–Trinajstić information content (AvgIpc) is 2.60. The molecule has 0 fully saturated rings. The predicted molar refractivity (Wildman–Crippen MR) is 98.5 cm³/mol. The van der Waals surface area contributed by atoms with E-state index < -0.39 is 0 Å². The highest BCUT2D eigenvalue weighted by Gasteiger charge is 2.15. The topological polar surface area (TPSA) is 50.4 Å². The van der Waals surface area contributed by atoms with Crippen LogP contribution in [0, 0.1) is 0 Å². The van der Waals surface area contributed by atoms with E-state index in [1.807, 2.05) is 55.5 Å². The van der Waals surface area contributed by atoms with Crippen LogP contribution < -0.4 is 15.4 Å². The molecule has 0 saturated heterocycles. The second kappa shape index (κ2) is 9.08. The zero-order chi connectivity index (χ0) is 17.4. The molecule has 1 amide bonds. The van der Waals surface area contributed by atoms with E-state index in [1.54, 1.807) is 7.11 Å². The number of ether oxygens (including phenoxy) is 1. The monoisotopic (exact) mass is 326 g/mol. The molecule has 2 aromatic carbocycles. The van der Waals surface area contributed by atoms with Crippen LogP contribution in [0.4, 0.5) is 5.69 Å². The molecule has 0 aliphatic heterocycles. The number of hydrogen-bond donors (Lipinski definition) is 2. The number of hydrogen-bond acceptors (Lipinski definition) is 3. The lowest BCUT2D eigenvalue weighted by Gasteiger charge is -2.16. The number of anilines is 1. The predicted octanol–water partition coefficient (Wildman–Crippen LogP) is 3.94. The summed E-state index contributed by atoms with van der Waals surface area (Å²) in [5.74, 6) is 0.921. The van der Waals surface area contributed by atoms with E-state index in [9.17, 15) is 4.79 Å². The molecule has 4 heteroatoms. The highest BCUT2D eigenvalue weighted by molar-refractivity contribution is 5.92. The Morgan fingerprint density at radius 3 is 2.58 bits per heavy atom. The van der Waals surface area contributed by atoms with Crippen LogP contribution in [0.15, 0.2) is 48.5 Å². The van der Waals surface area contributed by atoms with Gasteiger partial charge in [-0.2, -0.15) is 0 Å². The maximum absolute atomic E-state index is 12.4. The van der Waals surface area contributed by atoms with E-state index in [0.717, 1.165) is 35.7 Å². The second-order valence-corrected chi connectivity index (χ2v) is 5.83. The normalized spacial score (nSPS) is 11.8. The van der Waals surface area contributed by atoms with Crippen LogP contribution in [0.5, 0.6) is 5.75 Å². The summed E-state index contributed by atoms with van der Waals surface area (Å²) in [7, 11) is 1.66. The fourth-order valence-electron chi connectivity index (χ4n) is 2.72. The van der Waals surface area contributed by atoms with Gasteiger partial charge in [-0.05, 0) is 35.7 Å². The maximum atomic E-state index is 12.4. The highest BCUT2D eigenvalue weighted by Crippen LogP contribution is 2.28. The Bertz CT molecular complexity index is 670. The molecule has 24 heavy (non-hydrogen) atoms. The van der Waals surface area contributed by atoms with Crippen molar-refractivity contribution in [1.29, 1.82) is 0 Å². The third-order valence-electron chi connectivity index (χ3n) is 4.02. The van der Waals surface area contributed by atoms with E-state index in [-0.39, 0.29) is 11.8 Å². The number of amides is 1. The van der Waals surface area contributed by atoms with Gasteiger partial charge in [-0.25, -0.2) is 0 Å². The fourth-order valence-corrected chi connectivity index (χ4v) is 2.72. The van der Waals surface area contributed by atoms with Gasteiger partial charge in [0, 0.05) is 18.7 Å². The lowest BCUT2D eigenvalue weighted by atomic mass is 9.96. The van der Waals surface area contributed by atoms with Crippen LogP contribution in [0.1, 0.15) is 37.3 Å². The van der Waals surface area contributed by atoms with Gasteiger partial charge in [0.2, 0.25) is 5.91 Å². The van der Waals surface area contributed by atoms with E-state index in [0.29, 0.717) is 6.42 Å². The quantitative estimate of drug-likeness (QED) is 0.772. The third-order valence-corrected chi connectivity index (χ3v) is 4.02. The van der Waals surface area contributed by atoms with Crippen molar-refractivity contribution in [3.63, 3.8) is 0 Å². The van der Waals surface area contributed by atoms with Gasteiger partial charge >= 0.3 is 0 Å². The molecule has 0 bridgehead atoms. The molecule has 2 aromatic rings. The lowest BCUT2D eigenvalue weighted by molar-refractivity contribution is -0.116. The number of methoxy groups -OCH3 is 1. The van der Waals surface area contributed by atoms with Crippen LogP contribution in [-0.4, -0.2) is 19.6 Å². The third kappa shape index (κ3) is 4.83. The smallest absolute Gasteiger partial charge is 0.224 e. The van der Waals surface area contributed by atoms with Crippen molar-refractivity contribution in [1.82, 2.24) is 5.32 Å². The molecule has 0 aliphatic carbocycles. The Hall–Kier alpha value is -2.33. The second-order valence-electron chi connectivity index (χ2n) is 5.83. The molecule has 1 atom stereocenters. The molecule has 1 unspecified atom stereocenters. The summed E-state index contributed by atoms with van der Waals surface area (Å²) in [5.41, 5.74) is 3.02. The maximum Gasteiger partial charge on any atom is 0.224 e. The van der Waals surface area contributed by atoms with Crippen molar-refractivity contribution in [2.75, 3.05) is 19.0 Å². The van der Waals surface area contributed by atoms with Gasteiger partial charge in [0.15, 0.2) is 0 Å². The SMILES string of the molecule is CCNCc1ccccc1NC(=O)CC(C)c1ccccc1OC. The van der Waals surface area contributed by atoms with Crippen molar-refractivity contribution < 1.29 is 9.53 Å². The summed E-state index contributed by atoms with van der Waals surface area (Å²) in [4.78, 5) is 12.4. The van der Waals surface area contributed by atoms with E-state index in [2.05, 4.69) is 17.6 Å². The van der Waals surface area contributed by atoms with Crippen LogP contribution in [-0.2, 0) is 11.3 Å². The van der Waals surface area contributed by atoms with Gasteiger partial charge < -0.3 is 15.4 Å². The van der Waals surface area contributed by atoms with Crippen LogP contribution in [0.3, 0.4) is 0 Å². The Balaban J connectivity index is 2.03. The molecular formula is C20H26N2O2. The molecule has 0 spiro atoms. The van der Waals surface area contributed by atoms with Gasteiger partial charge in [0.05, 0.1) is 7.11 Å². The molecular weight excluding hydrogens is 300 g/mol. The highest BCUT2D eigenvalue weighted by atomic mass is 16.5. The van der Waals surface area contributed by atoms with E-state index in [4.69, 9.17) is 4.74 Å². The van der Waals surface area contributed by atoms with Crippen molar-refractivity contribution in [2.24, 2.45) is 0 Å². The first-order valence-corrected chi connectivity index (χ1v) is 8.37. The minimum Gasteiger partial charge on any atom is -0.496 e. The first-order valence-electron chi connectivity index (χ1n) is 8.37. The van der Waals surface area contributed by atoms with Crippen LogP contribution in [0.25, 0.3) is 0 Å². The zero-order valence-electron chi connectivity index (χ0n) is 14.6. The molecule has 0 aliphatic rings. The van der Waals surface area contributed by atoms with Crippen molar-refractivity contribution >= 4 is 11.6 Å². The van der Waals surface area contributed by atoms with Crippen molar-refractivity contribution in [2.45, 2.75) is 32.7 Å². The van der Waals surface area contributed by atoms with Gasteiger partial charge in [0.1, 0.15) is 5.75 Å². The Morgan fingerprint density at radius 1 is 1.12 bits per heavy atom. The number of para-hydroxylation sites is 2. The minimum absolute atomic E-state index is 0.0114. The molecule has 0 aromatic heterocycles. The van der Waals surface area contributed by atoms with Gasteiger partial charge in [-0.1, -0.05) is 50.2 Å². The molecule has 0 radical (unpaired) electrons. The molecule has 4 nitrogen and oxygen atoms in total. The first-order chi connectivity index (χ1) is 11.7. The summed E-state index contributed by atoms with van der Waals surface area (Å²) in [6.07, 6.45) is 0.413. The molecule has 2 rings (SSSR count). The summed E-state index contributed by atoms with van der Waals surface area (Å²) < 4.78 is 5.39. The number of benzene rings is 2. The molecule has 0 saturated carbocycles. The number of carbonyl (C=O) groups is 1. The summed E-state index contributed by atoms with van der Waals surface area (Å²) in [5, 5.41) is 6.33. The standard InChI is InChI=1S/C20H26N2O2/c1-4-21-14-16-9-5-7-11-18(16)22-20(23)13-15(2)17-10-6-8-12-19(17)24-3/h5-12,15,21H,4,13-14H2,1-3H3,(H,22,23). The first kappa shape index (κ1) is 18.0. The zero-order valence-corrected chi connectivity index (χ0v) is 14.6. The molecule has 0 heterocycles. The number of nitrogens with one attached hydrogen (secondary N) is 2. The fraction of sp³-hybridized carbons (Fsp3) is 0.350. The minimum atomic E-state index is 0.0114. The summed E-state index contributed by atoms with van der Waals surface area (Å²) in [6, 6.07) is 15.7. The van der Waals surface area contributed by atoms with Gasteiger partial charge in [-0.3, -0.25) is 4.79 Å². The van der Waals surface area contributed by atoms with Crippen molar-refractivity contribution in [3.05, 3.63) is 59.7 Å². The van der Waals surface area contributed by atoms with E-state index in [1.165, 1.54) is 0 Å².